The molecule has 0 aliphatic heterocycles. The first-order valence-corrected chi connectivity index (χ1v) is 7.75. The molecule has 0 radical (unpaired) electrons. The van der Waals surface area contributed by atoms with E-state index in [1.54, 1.807) is 18.2 Å². The van der Waals surface area contributed by atoms with Gasteiger partial charge in [0.15, 0.2) is 0 Å². The predicted molar refractivity (Wildman–Crippen MR) is 87.4 cm³/mol. The molecule has 1 aromatic carbocycles. The van der Waals surface area contributed by atoms with Gasteiger partial charge in [0.05, 0.1) is 11.3 Å². The summed E-state index contributed by atoms with van der Waals surface area (Å²) in [6, 6.07) is 5.40. The summed E-state index contributed by atoms with van der Waals surface area (Å²) in [4.78, 5) is 14.5. The fourth-order valence-electron chi connectivity index (χ4n) is 2.95. The van der Waals surface area contributed by atoms with Gasteiger partial charge in [-0.2, -0.15) is 0 Å². The monoisotopic (exact) mass is 309 g/mol. The van der Waals surface area contributed by atoms with Gasteiger partial charge in [-0.05, 0) is 49.3 Å². The van der Waals surface area contributed by atoms with Crippen molar-refractivity contribution in [2.75, 3.05) is 12.5 Å². The first-order valence-electron chi connectivity index (χ1n) is 7.37. The van der Waals surface area contributed by atoms with E-state index >= 15 is 0 Å². The molecule has 0 atom stereocenters. The molecule has 1 aliphatic rings. The number of nitrogens with two attached hydrogens (primary N) is 1. The lowest BCUT2D eigenvalue weighted by Crippen LogP contribution is -2.41. The topological polar surface area (TPSA) is 58.4 Å². The van der Waals surface area contributed by atoms with E-state index in [2.05, 4.69) is 19.3 Å². The summed E-state index contributed by atoms with van der Waals surface area (Å²) in [5, 5.41) is 0.538. The molecule has 5 heteroatoms. The summed E-state index contributed by atoms with van der Waals surface area (Å²) in [7, 11) is 1.87. The van der Waals surface area contributed by atoms with Crippen LogP contribution < -0.4 is 11.3 Å². The van der Waals surface area contributed by atoms with Crippen LogP contribution in [0.5, 0.6) is 0 Å². The number of benzene rings is 1. The number of nitrogen functional groups attached to an aromatic ring is 1. The third-order valence-corrected chi connectivity index (χ3v) is 4.78. The van der Waals surface area contributed by atoms with Gasteiger partial charge in [-0.15, -0.1) is 0 Å². The zero-order valence-corrected chi connectivity index (χ0v) is 13.7. The highest BCUT2D eigenvalue weighted by Crippen LogP contribution is 2.37. The Labute approximate surface area is 131 Å². The van der Waals surface area contributed by atoms with Gasteiger partial charge in [0.1, 0.15) is 0 Å². The van der Waals surface area contributed by atoms with Crippen LogP contribution in [0.15, 0.2) is 18.2 Å². The van der Waals surface area contributed by atoms with Crippen LogP contribution in [-0.2, 0) is 0 Å². The average Bonchev–Trinajstić information content (AvgIpc) is 2.45. The summed E-state index contributed by atoms with van der Waals surface area (Å²) >= 11 is 6.01. The van der Waals surface area contributed by atoms with Crippen molar-refractivity contribution in [1.29, 1.82) is 0 Å². The van der Waals surface area contributed by atoms with Crippen molar-refractivity contribution in [3.05, 3.63) is 28.8 Å². The molecular weight excluding hydrogens is 286 g/mol. The molecule has 1 fully saturated rings. The third-order valence-electron chi connectivity index (χ3n) is 4.54. The maximum absolute atomic E-state index is 12.7. The Kier molecular flexibility index (Phi) is 4.79. The number of nitrogens with zero attached hydrogens (tertiary/aromatic N) is 1. The molecule has 116 valence electrons. The van der Waals surface area contributed by atoms with Crippen molar-refractivity contribution >= 4 is 23.2 Å². The normalized spacial score (nSPS) is 18.3. The minimum atomic E-state index is -0.0323. The summed E-state index contributed by atoms with van der Waals surface area (Å²) < 4.78 is 0. The molecule has 1 amide bonds. The van der Waals surface area contributed by atoms with Crippen LogP contribution in [0.3, 0.4) is 0 Å². The molecule has 1 aliphatic carbocycles. The van der Waals surface area contributed by atoms with Crippen molar-refractivity contribution in [3.63, 3.8) is 0 Å². The number of carbonyl (C=O) groups excluding carboxylic acids is 1. The van der Waals surface area contributed by atoms with Gasteiger partial charge < -0.3 is 10.3 Å². The molecule has 0 unspecified atom stereocenters. The first-order chi connectivity index (χ1) is 9.84. The molecular formula is C16H24ClN3O. The number of anilines is 1. The molecule has 0 heterocycles. The summed E-state index contributed by atoms with van der Waals surface area (Å²) in [6.45, 7) is 4.58. The number of hydrazine groups is 1. The van der Waals surface area contributed by atoms with E-state index in [9.17, 15) is 4.79 Å². The van der Waals surface area contributed by atoms with Crippen LogP contribution in [0.4, 0.5) is 5.69 Å². The highest BCUT2D eigenvalue weighted by atomic mass is 35.5. The maximum Gasteiger partial charge on any atom is 0.256 e. The van der Waals surface area contributed by atoms with Crippen molar-refractivity contribution < 1.29 is 4.79 Å². The highest BCUT2D eigenvalue weighted by molar-refractivity contribution is 6.31. The van der Waals surface area contributed by atoms with E-state index in [0.717, 1.165) is 25.7 Å². The molecule has 4 nitrogen and oxygen atoms in total. The number of rotatable bonds is 3. The number of carbonyl (C=O) groups is 1. The van der Waals surface area contributed by atoms with Crippen LogP contribution in [0, 0.1) is 5.41 Å². The molecule has 0 saturated heterocycles. The predicted octanol–water partition coefficient (Wildman–Crippen LogP) is 3.67. The number of halogens is 1. The van der Waals surface area contributed by atoms with Gasteiger partial charge >= 0.3 is 0 Å². The van der Waals surface area contributed by atoms with E-state index < -0.39 is 0 Å². The standard InChI is InChI=1S/C16H24ClN3O/c1-16(2)8-6-12(7-9-16)20(3)15(21)13-10-11(17)4-5-14(13)19-18/h4-5,10,12,19H,6-9,18H2,1-3H3. The van der Waals surface area contributed by atoms with Gasteiger partial charge in [-0.25, -0.2) is 0 Å². The zero-order chi connectivity index (χ0) is 15.6. The minimum Gasteiger partial charge on any atom is -0.339 e. The summed E-state index contributed by atoms with van der Waals surface area (Å²) in [6.07, 6.45) is 4.38. The lowest BCUT2D eigenvalue weighted by atomic mass is 9.75. The van der Waals surface area contributed by atoms with Crippen molar-refractivity contribution in [2.24, 2.45) is 11.3 Å². The van der Waals surface area contributed by atoms with E-state index in [0.29, 0.717) is 21.7 Å². The maximum atomic E-state index is 12.7. The number of nitrogens with one attached hydrogen (secondary N) is 1. The number of amides is 1. The average molecular weight is 310 g/mol. The Bertz CT molecular complexity index is 520. The lowest BCUT2D eigenvalue weighted by Gasteiger charge is -2.38. The lowest BCUT2D eigenvalue weighted by molar-refractivity contribution is 0.0636. The Balaban J connectivity index is 2.15. The molecule has 1 aromatic rings. The molecule has 3 N–H and O–H groups in total. The Morgan fingerprint density at radius 3 is 2.57 bits per heavy atom. The molecule has 0 aromatic heterocycles. The second-order valence-corrected chi connectivity index (χ2v) is 7.08. The smallest absolute Gasteiger partial charge is 0.256 e. The van der Waals surface area contributed by atoms with Gasteiger partial charge in [0.2, 0.25) is 0 Å². The van der Waals surface area contributed by atoms with Crippen LogP contribution in [-0.4, -0.2) is 23.9 Å². The second kappa shape index (κ2) is 6.24. The Morgan fingerprint density at radius 2 is 2.00 bits per heavy atom. The molecule has 1 saturated carbocycles. The fourth-order valence-corrected chi connectivity index (χ4v) is 3.12. The van der Waals surface area contributed by atoms with E-state index in [4.69, 9.17) is 17.4 Å². The fraction of sp³-hybridized carbons (Fsp3) is 0.562. The molecule has 21 heavy (non-hydrogen) atoms. The van der Waals surface area contributed by atoms with Gasteiger partial charge in [-0.3, -0.25) is 10.6 Å². The summed E-state index contributed by atoms with van der Waals surface area (Å²) in [5.74, 6) is 5.46. The Morgan fingerprint density at radius 1 is 1.38 bits per heavy atom. The number of hydrogen-bond donors (Lipinski definition) is 2. The van der Waals surface area contributed by atoms with Gasteiger partial charge in [-0.1, -0.05) is 25.4 Å². The Hall–Kier alpha value is -1.26. The van der Waals surface area contributed by atoms with Crippen molar-refractivity contribution in [1.82, 2.24) is 4.90 Å². The quantitative estimate of drug-likeness (QED) is 0.661. The zero-order valence-electron chi connectivity index (χ0n) is 12.9. The molecule has 0 spiro atoms. The van der Waals surface area contributed by atoms with Crippen molar-refractivity contribution in [3.8, 4) is 0 Å². The van der Waals surface area contributed by atoms with Crippen LogP contribution in [0.1, 0.15) is 49.9 Å². The van der Waals surface area contributed by atoms with Gasteiger partial charge in [0, 0.05) is 18.1 Å². The van der Waals surface area contributed by atoms with Crippen molar-refractivity contribution in [2.45, 2.75) is 45.6 Å². The minimum absolute atomic E-state index is 0.0323. The highest BCUT2D eigenvalue weighted by Gasteiger charge is 2.31. The first kappa shape index (κ1) is 16.1. The SMILES string of the molecule is CN(C(=O)c1cc(Cl)ccc1NN)C1CCC(C)(C)CC1. The van der Waals surface area contributed by atoms with Gasteiger partial charge in [0.25, 0.3) is 5.91 Å². The van der Waals surface area contributed by atoms with E-state index in [1.807, 2.05) is 11.9 Å². The van der Waals surface area contributed by atoms with E-state index in [1.165, 1.54) is 0 Å². The largest absolute Gasteiger partial charge is 0.339 e. The van der Waals surface area contributed by atoms with Crippen LogP contribution >= 0.6 is 11.6 Å². The third kappa shape index (κ3) is 3.69. The number of hydrogen-bond acceptors (Lipinski definition) is 3. The summed E-state index contributed by atoms with van der Waals surface area (Å²) in [5.41, 5.74) is 4.09. The van der Waals surface area contributed by atoms with E-state index in [-0.39, 0.29) is 11.9 Å². The van der Waals surface area contributed by atoms with Crippen LogP contribution in [0.25, 0.3) is 0 Å². The molecule has 0 bridgehead atoms. The second-order valence-electron chi connectivity index (χ2n) is 6.65. The van der Waals surface area contributed by atoms with Crippen LogP contribution in [0.2, 0.25) is 5.02 Å². The molecule has 2 rings (SSSR count).